The highest BCUT2D eigenvalue weighted by atomic mass is 32.1. The van der Waals surface area contributed by atoms with Gasteiger partial charge in [0.15, 0.2) is 0 Å². The van der Waals surface area contributed by atoms with Gasteiger partial charge in [0.2, 0.25) is 0 Å². The number of aryl methyl sites for hydroxylation is 1. The Morgan fingerprint density at radius 3 is 2.75 bits per heavy atom. The van der Waals surface area contributed by atoms with E-state index in [0.29, 0.717) is 23.7 Å². The number of urea groups is 1. The number of hydrogen-bond acceptors (Lipinski definition) is 4. The molecule has 20 heavy (non-hydrogen) atoms. The van der Waals surface area contributed by atoms with Crippen molar-refractivity contribution < 1.29 is 14.7 Å². The van der Waals surface area contributed by atoms with E-state index in [1.807, 2.05) is 0 Å². The number of hydrogen-bond donors (Lipinski definition) is 3. The molecule has 0 aliphatic rings. The van der Waals surface area contributed by atoms with E-state index in [4.69, 9.17) is 11.5 Å². The average molecular weight is 295 g/mol. The minimum atomic E-state index is -0.996. The fraction of sp³-hybridized carbons (Fsp3) is 0.462. The maximum atomic E-state index is 11.5. The number of carbonyl (C=O) groups excluding carboxylic acids is 1. The van der Waals surface area contributed by atoms with Gasteiger partial charge >= 0.3 is 12.0 Å². The van der Waals surface area contributed by atoms with E-state index < -0.39 is 5.97 Å². The van der Waals surface area contributed by atoms with Gasteiger partial charge in [0.1, 0.15) is 9.88 Å². The summed E-state index contributed by atoms with van der Waals surface area (Å²) < 4.78 is 0. The summed E-state index contributed by atoms with van der Waals surface area (Å²) in [4.78, 5) is 26.6. The van der Waals surface area contributed by atoms with Gasteiger partial charge in [-0.3, -0.25) is 0 Å². The summed E-state index contributed by atoms with van der Waals surface area (Å²) in [6.07, 6.45) is 7.54. The Bertz CT molecular complexity index is 519. The molecule has 1 heterocycles. The van der Waals surface area contributed by atoms with Crippen LogP contribution in [-0.2, 0) is 6.54 Å². The number of rotatable bonds is 7. The van der Waals surface area contributed by atoms with Crippen LogP contribution in [0.4, 0.5) is 4.79 Å². The molecule has 3 N–H and O–H groups in total. The van der Waals surface area contributed by atoms with E-state index in [2.05, 4.69) is 21.5 Å². The Morgan fingerprint density at radius 2 is 2.15 bits per heavy atom. The van der Waals surface area contributed by atoms with Gasteiger partial charge in [-0.25, -0.2) is 14.6 Å². The third-order valence-corrected chi connectivity index (χ3v) is 3.61. The molecule has 7 heteroatoms. The van der Waals surface area contributed by atoms with Gasteiger partial charge in [-0.1, -0.05) is 0 Å². The SMILES string of the molecule is C#CCCCCNC(=O)NCc1nc(C)c(C(=O)O)s1. The summed E-state index contributed by atoms with van der Waals surface area (Å²) in [5.41, 5.74) is 0.467. The van der Waals surface area contributed by atoms with Crippen LogP contribution < -0.4 is 10.6 Å². The Kier molecular flexibility index (Phi) is 6.53. The van der Waals surface area contributed by atoms with Crippen LogP contribution >= 0.6 is 11.3 Å². The van der Waals surface area contributed by atoms with Gasteiger partial charge in [0, 0.05) is 13.0 Å². The summed E-state index contributed by atoms with van der Waals surface area (Å²) in [5.74, 6) is 1.54. The predicted molar refractivity (Wildman–Crippen MR) is 76.7 cm³/mol. The molecule has 0 saturated heterocycles. The second kappa shape index (κ2) is 8.17. The van der Waals surface area contributed by atoms with Crippen molar-refractivity contribution in [1.29, 1.82) is 0 Å². The molecule has 6 nitrogen and oxygen atoms in total. The van der Waals surface area contributed by atoms with E-state index >= 15 is 0 Å². The third-order valence-electron chi connectivity index (χ3n) is 2.47. The topological polar surface area (TPSA) is 91.3 Å². The molecule has 0 bridgehead atoms. The highest BCUT2D eigenvalue weighted by Gasteiger charge is 2.14. The summed E-state index contributed by atoms with van der Waals surface area (Å²) in [6, 6.07) is -0.296. The van der Waals surface area contributed by atoms with Gasteiger partial charge in [-0.15, -0.1) is 23.7 Å². The van der Waals surface area contributed by atoms with Crippen LogP contribution in [0.1, 0.15) is 39.6 Å². The minimum absolute atomic E-state index is 0.205. The number of unbranched alkanes of at least 4 members (excludes halogenated alkanes) is 2. The molecular formula is C13H17N3O3S. The summed E-state index contributed by atoms with van der Waals surface area (Å²) in [6.45, 7) is 2.41. The Morgan fingerprint density at radius 1 is 1.40 bits per heavy atom. The predicted octanol–water partition coefficient (Wildman–Crippen LogP) is 1.75. The van der Waals surface area contributed by atoms with Crippen molar-refractivity contribution in [3.63, 3.8) is 0 Å². The number of nitrogens with one attached hydrogen (secondary N) is 2. The number of thiazole rings is 1. The average Bonchev–Trinajstić information content (AvgIpc) is 2.77. The zero-order chi connectivity index (χ0) is 15.0. The van der Waals surface area contributed by atoms with Gasteiger partial charge in [0.25, 0.3) is 0 Å². The largest absolute Gasteiger partial charge is 0.477 e. The summed E-state index contributed by atoms with van der Waals surface area (Å²) >= 11 is 1.07. The van der Waals surface area contributed by atoms with Crippen molar-refractivity contribution in [2.45, 2.75) is 32.7 Å². The molecule has 0 aromatic carbocycles. The maximum Gasteiger partial charge on any atom is 0.347 e. The van der Waals surface area contributed by atoms with Crippen molar-refractivity contribution in [2.24, 2.45) is 0 Å². The quantitative estimate of drug-likeness (QED) is 0.528. The molecule has 2 amide bonds. The lowest BCUT2D eigenvalue weighted by Gasteiger charge is -2.05. The highest BCUT2D eigenvalue weighted by Crippen LogP contribution is 2.17. The molecule has 0 aliphatic heterocycles. The Balaban J connectivity index is 2.29. The molecule has 1 rings (SSSR count). The molecule has 0 fully saturated rings. The van der Waals surface area contributed by atoms with E-state index in [1.54, 1.807) is 6.92 Å². The first-order chi connectivity index (χ1) is 9.54. The third kappa shape index (κ3) is 5.28. The molecule has 0 radical (unpaired) electrons. The molecule has 0 spiro atoms. The first-order valence-electron chi connectivity index (χ1n) is 6.19. The van der Waals surface area contributed by atoms with Crippen LogP contribution in [0.5, 0.6) is 0 Å². The van der Waals surface area contributed by atoms with Crippen molar-refractivity contribution in [1.82, 2.24) is 15.6 Å². The number of terminal acetylenes is 1. The van der Waals surface area contributed by atoms with Crippen molar-refractivity contribution >= 4 is 23.3 Å². The standard InChI is InChI=1S/C13H17N3O3S/c1-3-4-5-6-7-14-13(19)15-8-10-16-9(2)11(20-10)12(17)18/h1H,4-8H2,2H3,(H,17,18)(H2,14,15,19). The number of nitrogens with zero attached hydrogens (tertiary/aromatic N) is 1. The van der Waals surface area contributed by atoms with E-state index in [1.165, 1.54) is 0 Å². The van der Waals surface area contributed by atoms with Crippen LogP contribution in [0.15, 0.2) is 0 Å². The lowest BCUT2D eigenvalue weighted by atomic mass is 10.2. The molecule has 0 unspecified atom stereocenters. The number of aromatic carboxylic acids is 1. The van der Waals surface area contributed by atoms with E-state index in [9.17, 15) is 9.59 Å². The van der Waals surface area contributed by atoms with Crippen molar-refractivity contribution in [2.75, 3.05) is 6.54 Å². The molecular weight excluding hydrogens is 278 g/mol. The number of carboxylic acids is 1. The molecule has 1 aromatic heterocycles. The zero-order valence-electron chi connectivity index (χ0n) is 11.2. The normalized spacial score (nSPS) is 9.80. The van der Waals surface area contributed by atoms with Crippen LogP contribution in [-0.4, -0.2) is 28.6 Å². The molecule has 108 valence electrons. The minimum Gasteiger partial charge on any atom is -0.477 e. The van der Waals surface area contributed by atoms with Gasteiger partial charge in [-0.2, -0.15) is 0 Å². The molecule has 0 aliphatic carbocycles. The maximum absolute atomic E-state index is 11.5. The van der Waals surface area contributed by atoms with E-state index in [0.717, 1.165) is 24.2 Å². The first kappa shape index (κ1) is 16.0. The highest BCUT2D eigenvalue weighted by molar-refractivity contribution is 7.13. The fourth-order valence-electron chi connectivity index (χ4n) is 1.50. The molecule has 0 saturated carbocycles. The molecule has 1 aromatic rings. The number of carboxylic acid groups (broad SMARTS) is 1. The summed E-state index contributed by atoms with van der Waals surface area (Å²) in [5, 5.41) is 14.8. The van der Waals surface area contributed by atoms with Crippen LogP contribution in [0.25, 0.3) is 0 Å². The fourth-order valence-corrected chi connectivity index (χ4v) is 2.34. The second-order valence-electron chi connectivity index (χ2n) is 4.10. The lowest BCUT2D eigenvalue weighted by molar-refractivity contribution is 0.0701. The number of amides is 2. The van der Waals surface area contributed by atoms with Crippen LogP contribution in [0.3, 0.4) is 0 Å². The van der Waals surface area contributed by atoms with Gasteiger partial charge < -0.3 is 15.7 Å². The first-order valence-corrected chi connectivity index (χ1v) is 7.01. The number of aromatic nitrogens is 1. The van der Waals surface area contributed by atoms with Crippen molar-refractivity contribution in [3.8, 4) is 12.3 Å². The Hall–Kier alpha value is -2.07. The zero-order valence-corrected chi connectivity index (χ0v) is 12.0. The van der Waals surface area contributed by atoms with Crippen LogP contribution in [0.2, 0.25) is 0 Å². The van der Waals surface area contributed by atoms with Crippen LogP contribution in [0, 0.1) is 19.3 Å². The van der Waals surface area contributed by atoms with E-state index in [-0.39, 0.29) is 17.5 Å². The number of carbonyl (C=O) groups is 2. The monoisotopic (exact) mass is 295 g/mol. The lowest BCUT2D eigenvalue weighted by Crippen LogP contribution is -2.35. The second-order valence-corrected chi connectivity index (χ2v) is 5.18. The van der Waals surface area contributed by atoms with Gasteiger partial charge in [-0.05, 0) is 19.8 Å². The summed E-state index contributed by atoms with van der Waals surface area (Å²) in [7, 11) is 0. The van der Waals surface area contributed by atoms with Crippen molar-refractivity contribution in [3.05, 3.63) is 15.6 Å². The smallest absolute Gasteiger partial charge is 0.347 e. The Labute approximate surface area is 121 Å². The van der Waals surface area contributed by atoms with Gasteiger partial charge in [0.05, 0.1) is 12.2 Å². The molecule has 0 atom stereocenters.